The number of aryl methyl sites for hydroxylation is 1. The van der Waals surface area contributed by atoms with Crippen molar-refractivity contribution in [3.8, 4) is 5.75 Å². The zero-order valence-corrected chi connectivity index (χ0v) is 13.2. The lowest BCUT2D eigenvalue weighted by atomic mass is 10.1. The fourth-order valence-corrected chi connectivity index (χ4v) is 2.82. The van der Waals surface area contributed by atoms with Crippen LogP contribution in [0.5, 0.6) is 5.75 Å². The SMILES string of the molecule is COc1ccc(S/C(=C\CCc2ccccc2)C(F)F)cc1. The van der Waals surface area contributed by atoms with E-state index in [2.05, 4.69) is 0 Å². The minimum atomic E-state index is -2.46. The molecule has 0 saturated carbocycles. The van der Waals surface area contributed by atoms with Crippen molar-refractivity contribution in [2.75, 3.05) is 7.11 Å². The molecule has 0 amide bonds. The smallest absolute Gasteiger partial charge is 0.269 e. The molecule has 2 rings (SSSR count). The highest BCUT2D eigenvalue weighted by Crippen LogP contribution is 2.32. The third kappa shape index (κ3) is 5.19. The highest BCUT2D eigenvalue weighted by Gasteiger charge is 2.12. The Morgan fingerprint density at radius 1 is 1.09 bits per heavy atom. The molecule has 22 heavy (non-hydrogen) atoms. The molecule has 0 aromatic heterocycles. The molecule has 116 valence electrons. The predicted octanol–water partition coefficient (Wildman–Crippen LogP) is 5.57. The summed E-state index contributed by atoms with van der Waals surface area (Å²) in [5.41, 5.74) is 1.15. The normalized spacial score (nSPS) is 11.7. The average Bonchev–Trinajstić information content (AvgIpc) is 2.55. The summed E-state index contributed by atoms with van der Waals surface area (Å²) in [5.74, 6) is 0.719. The van der Waals surface area contributed by atoms with Gasteiger partial charge in [-0.3, -0.25) is 0 Å². The number of thioether (sulfide) groups is 1. The molecule has 0 atom stereocenters. The lowest BCUT2D eigenvalue weighted by Gasteiger charge is -2.07. The fourth-order valence-electron chi connectivity index (χ4n) is 1.98. The molecule has 1 nitrogen and oxygen atoms in total. The fraction of sp³-hybridized carbons (Fsp3) is 0.222. The highest BCUT2D eigenvalue weighted by molar-refractivity contribution is 8.03. The van der Waals surface area contributed by atoms with E-state index >= 15 is 0 Å². The number of methoxy groups -OCH3 is 1. The minimum absolute atomic E-state index is 0.0982. The van der Waals surface area contributed by atoms with Crippen LogP contribution < -0.4 is 4.74 Å². The first kappa shape index (κ1) is 16.6. The summed E-state index contributed by atoms with van der Waals surface area (Å²) >= 11 is 1.11. The maximum absolute atomic E-state index is 13.1. The zero-order valence-electron chi connectivity index (χ0n) is 12.3. The molecule has 4 heteroatoms. The Bertz CT molecular complexity index is 594. The molecule has 0 radical (unpaired) electrons. The lowest BCUT2D eigenvalue weighted by molar-refractivity contribution is 0.199. The van der Waals surface area contributed by atoms with E-state index in [-0.39, 0.29) is 4.91 Å². The summed E-state index contributed by atoms with van der Waals surface area (Å²) in [6.07, 6.45) is 0.544. The lowest BCUT2D eigenvalue weighted by Crippen LogP contribution is -1.94. The molecule has 0 saturated heterocycles. The van der Waals surface area contributed by atoms with Crippen LogP contribution in [-0.2, 0) is 6.42 Å². The quantitative estimate of drug-likeness (QED) is 0.617. The molecule has 0 fully saturated rings. The number of benzene rings is 2. The Morgan fingerprint density at radius 2 is 1.77 bits per heavy atom. The molecule has 0 aliphatic heterocycles. The topological polar surface area (TPSA) is 9.23 Å². The Balaban J connectivity index is 1.97. The molecule has 0 aliphatic rings. The van der Waals surface area contributed by atoms with Gasteiger partial charge in [0.2, 0.25) is 0 Å². The van der Waals surface area contributed by atoms with Crippen LogP contribution in [0.4, 0.5) is 8.78 Å². The van der Waals surface area contributed by atoms with Crippen molar-refractivity contribution in [2.45, 2.75) is 24.2 Å². The monoisotopic (exact) mass is 320 g/mol. The maximum Gasteiger partial charge on any atom is 0.269 e. The van der Waals surface area contributed by atoms with Crippen LogP contribution in [-0.4, -0.2) is 13.5 Å². The zero-order chi connectivity index (χ0) is 15.8. The average molecular weight is 320 g/mol. The number of allylic oxidation sites excluding steroid dienone is 2. The number of halogens is 2. The van der Waals surface area contributed by atoms with Gasteiger partial charge in [-0.1, -0.05) is 48.2 Å². The van der Waals surface area contributed by atoms with Gasteiger partial charge in [-0.2, -0.15) is 0 Å². The van der Waals surface area contributed by atoms with Crippen LogP contribution in [0.15, 0.2) is 70.5 Å². The van der Waals surface area contributed by atoms with Crippen molar-refractivity contribution in [3.05, 3.63) is 71.1 Å². The van der Waals surface area contributed by atoms with Gasteiger partial charge in [-0.15, -0.1) is 0 Å². The van der Waals surface area contributed by atoms with Crippen LogP contribution in [0.3, 0.4) is 0 Å². The Labute approximate surface area is 134 Å². The summed E-state index contributed by atoms with van der Waals surface area (Å²) in [6, 6.07) is 17.0. The molecule has 0 N–H and O–H groups in total. The Kier molecular flexibility index (Phi) is 6.46. The number of hydrogen-bond donors (Lipinski definition) is 0. The first-order valence-corrected chi connectivity index (χ1v) is 7.84. The summed E-state index contributed by atoms with van der Waals surface area (Å²) in [4.78, 5) is 0.883. The van der Waals surface area contributed by atoms with Crippen LogP contribution in [0.25, 0.3) is 0 Å². The van der Waals surface area contributed by atoms with Gasteiger partial charge < -0.3 is 4.74 Å². The number of rotatable bonds is 7. The summed E-state index contributed by atoms with van der Waals surface area (Å²) in [6.45, 7) is 0. The second-order valence-electron chi connectivity index (χ2n) is 4.71. The van der Waals surface area contributed by atoms with Crippen LogP contribution in [0.2, 0.25) is 0 Å². The molecule has 2 aromatic carbocycles. The van der Waals surface area contributed by atoms with Gasteiger partial charge in [-0.05, 0) is 42.7 Å². The molecule has 2 aromatic rings. The minimum Gasteiger partial charge on any atom is -0.497 e. The van der Waals surface area contributed by atoms with Crippen molar-refractivity contribution < 1.29 is 13.5 Å². The van der Waals surface area contributed by atoms with Crippen LogP contribution >= 0.6 is 11.8 Å². The van der Waals surface area contributed by atoms with Gasteiger partial charge in [0.05, 0.1) is 12.0 Å². The summed E-state index contributed by atoms with van der Waals surface area (Å²) in [5, 5.41) is 0. The first-order chi connectivity index (χ1) is 10.7. The van der Waals surface area contributed by atoms with Crippen molar-refractivity contribution in [2.24, 2.45) is 0 Å². The van der Waals surface area contributed by atoms with E-state index in [9.17, 15) is 8.78 Å². The van der Waals surface area contributed by atoms with Crippen LogP contribution in [0.1, 0.15) is 12.0 Å². The van der Waals surface area contributed by atoms with E-state index in [1.807, 2.05) is 30.3 Å². The van der Waals surface area contributed by atoms with E-state index in [0.717, 1.165) is 34.4 Å². The Hall–Kier alpha value is -1.81. The molecular weight excluding hydrogens is 302 g/mol. The van der Waals surface area contributed by atoms with Gasteiger partial charge in [0.15, 0.2) is 0 Å². The van der Waals surface area contributed by atoms with Crippen molar-refractivity contribution in [1.29, 1.82) is 0 Å². The van der Waals surface area contributed by atoms with E-state index < -0.39 is 6.43 Å². The largest absolute Gasteiger partial charge is 0.497 e. The maximum atomic E-state index is 13.1. The van der Waals surface area contributed by atoms with Crippen LogP contribution in [0, 0.1) is 0 Å². The van der Waals surface area contributed by atoms with E-state index in [1.54, 1.807) is 37.5 Å². The first-order valence-electron chi connectivity index (χ1n) is 7.03. The number of hydrogen-bond acceptors (Lipinski definition) is 2. The number of alkyl halides is 2. The van der Waals surface area contributed by atoms with Crippen molar-refractivity contribution in [3.63, 3.8) is 0 Å². The van der Waals surface area contributed by atoms with E-state index in [0.29, 0.717) is 6.42 Å². The Morgan fingerprint density at radius 3 is 2.36 bits per heavy atom. The summed E-state index contributed by atoms with van der Waals surface area (Å²) < 4.78 is 31.3. The molecular formula is C18H18F2OS. The second kappa shape index (κ2) is 8.59. The van der Waals surface area contributed by atoms with Gasteiger partial charge >= 0.3 is 0 Å². The molecule has 0 aliphatic carbocycles. The van der Waals surface area contributed by atoms with Gasteiger partial charge in [-0.25, -0.2) is 8.78 Å². The third-order valence-electron chi connectivity index (χ3n) is 3.13. The summed E-state index contributed by atoms with van der Waals surface area (Å²) in [7, 11) is 1.58. The van der Waals surface area contributed by atoms with Crippen molar-refractivity contribution >= 4 is 11.8 Å². The molecule has 0 heterocycles. The molecule has 0 spiro atoms. The van der Waals surface area contributed by atoms with Gasteiger partial charge in [0.25, 0.3) is 6.43 Å². The highest BCUT2D eigenvalue weighted by atomic mass is 32.2. The predicted molar refractivity (Wildman–Crippen MR) is 87.7 cm³/mol. The van der Waals surface area contributed by atoms with E-state index in [4.69, 9.17) is 4.74 Å². The third-order valence-corrected chi connectivity index (χ3v) is 4.22. The van der Waals surface area contributed by atoms with E-state index in [1.165, 1.54) is 0 Å². The van der Waals surface area contributed by atoms with Crippen molar-refractivity contribution in [1.82, 2.24) is 0 Å². The van der Waals surface area contributed by atoms with Gasteiger partial charge in [0.1, 0.15) is 5.75 Å². The molecule has 0 bridgehead atoms. The number of ether oxygens (including phenoxy) is 1. The van der Waals surface area contributed by atoms with Gasteiger partial charge in [0, 0.05) is 4.90 Å². The molecule has 0 unspecified atom stereocenters. The standard InChI is InChI=1S/C18H18F2OS/c1-21-15-10-12-16(13-11-15)22-17(18(19)20)9-5-8-14-6-3-2-4-7-14/h2-4,6-7,9-13,18H,5,8H2,1H3/b17-9-. The second-order valence-corrected chi connectivity index (χ2v) is 5.86.